The molecule has 0 spiro atoms. The van der Waals surface area contributed by atoms with Crippen LogP contribution < -0.4 is 24.3 Å². The Kier molecular flexibility index (Phi) is 8.67. The van der Waals surface area contributed by atoms with Crippen molar-refractivity contribution < 1.29 is 18.3 Å². The summed E-state index contributed by atoms with van der Waals surface area (Å²) >= 11 is 0. The molecular weight excluding hydrogens is 493 g/mol. The van der Waals surface area contributed by atoms with Crippen molar-refractivity contribution >= 4 is 27.0 Å². The van der Waals surface area contributed by atoms with Gasteiger partial charge in [0.05, 0.1) is 26.4 Å². The fourth-order valence-corrected chi connectivity index (χ4v) is 9.80. The highest BCUT2D eigenvalue weighted by Gasteiger charge is 2.52. The van der Waals surface area contributed by atoms with Crippen LogP contribution in [-0.2, 0) is 11.0 Å². The Morgan fingerprint density at radius 2 is 1.08 bits per heavy atom. The van der Waals surface area contributed by atoms with Gasteiger partial charge in [-0.2, -0.15) is 0 Å². The molecule has 4 nitrogen and oxygen atoms in total. The maximum absolute atomic E-state index is 7.23. The van der Waals surface area contributed by atoms with Gasteiger partial charge in [0.15, 0.2) is 8.32 Å². The molecule has 0 aliphatic rings. The van der Waals surface area contributed by atoms with Crippen LogP contribution in [0.5, 0.6) is 17.2 Å². The van der Waals surface area contributed by atoms with Gasteiger partial charge in [0.1, 0.15) is 17.2 Å². The number of ether oxygens (including phenoxy) is 2. The van der Waals surface area contributed by atoms with E-state index in [-0.39, 0.29) is 10.1 Å². The molecule has 0 aliphatic heterocycles. The van der Waals surface area contributed by atoms with E-state index in [9.17, 15) is 0 Å². The minimum absolute atomic E-state index is 0.111. The molecule has 0 fully saturated rings. The summed E-state index contributed by atoms with van der Waals surface area (Å²) in [5.74, 6) is 2.16. The second-order valence-corrected chi connectivity index (χ2v) is 21.2. The van der Waals surface area contributed by atoms with E-state index in [0.29, 0.717) is 18.1 Å². The Morgan fingerprint density at radius 1 is 0.649 bits per heavy atom. The van der Waals surface area contributed by atoms with Gasteiger partial charge in [0.25, 0.3) is 0 Å². The Morgan fingerprint density at radius 3 is 1.43 bits per heavy atom. The number of rotatable bonds is 9. The van der Waals surface area contributed by atoms with E-state index < -0.39 is 16.6 Å². The van der Waals surface area contributed by atoms with Gasteiger partial charge >= 0.3 is 8.32 Å². The molecule has 0 saturated carbocycles. The third-order valence-corrected chi connectivity index (χ3v) is 17.1. The number of methoxy groups -OCH3 is 2. The van der Waals surface area contributed by atoms with Crippen LogP contribution in [0.2, 0.25) is 23.2 Å². The van der Waals surface area contributed by atoms with Gasteiger partial charge in [-0.25, -0.2) is 0 Å². The van der Waals surface area contributed by atoms with Gasteiger partial charge in [-0.15, -0.1) is 0 Å². The number of benzene rings is 3. The molecule has 0 radical (unpaired) electrons. The van der Waals surface area contributed by atoms with Crippen molar-refractivity contribution in [2.45, 2.75) is 71.3 Å². The summed E-state index contributed by atoms with van der Waals surface area (Å²) in [6, 6.07) is 25.3. The van der Waals surface area contributed by atoms with Crippen molar-refractivity contribution in [3.63, 3.8) is 0 Å². The topological polar surface area (TPSA) is 36.9 Å². The number of hydrogen-bond acceptors (Lipinski definition) is 4. The smallest absolute Gasteiger partial charge is 0.319 e. The van der Waals surface area contributed by atoms with Crippen molar-refractivity contribution in [2.75, 3.05) is 14.2 Å². The summed E-state index contributed by atoms with van der Waals surface area (Å²) in [5, 5.41) is 2.40. The maximum atomic E-state index is 7.23. The van der Waals surface area contributed by atoms with Crippen LogP contribution in [0.1, 0.15) is 47.1 Å². The molecule has 3 rings (SSSR count). The molecular formula is C31H44O4Si2. The third-order valence-electron chi connectivity index (χ3n) is 7.65. The van der Waals surface area contributed by atoms with Crippen LogP contribution >= 0.6 is 0 Å². The average Bonchev–Trinajstić information content (AvgIpc) is 2.85. The van der Waals surface area contributed by atoms with Gasteiger partial charge in [-0.3, -0.25) is 0 Å². The van der Waals surface area contributed by atoms with Crippen LogP contribution in [-0.4, -0.2) is 30.9 Å². The molecule has 0 saturated heterocycles. The quantitative estimate of drug-likeness (QED) is 0.272. The molecule has 200 valence electrons. The standard InChI is InChI=1S/C31H44O4Si2/c1-30(2,3)36(9,10)34-23-27-28(32-7)21-24(22-29(27)33-8)35-37(31(4,5)6,25-17-13-11-14-18-25)26-19-15-12-16-20-26/h11-22H,23H2,1-10H3. The summed E-state index contributed by atoms with van der Waals surface area (Å²) < 4.78 is 25.5. The largest absolute Gasteiger partial charge is 0.534 e. The first-order valence-corrected chi connectivity index (χ1v) is 17.8. The lowest BCUT2D eigenvalue weighted by Crippen LogP contribution is -2.68. The molecule has 37 heavy (non-hydrogen) atoms. The Balaban J connectivity index is 2.14. The first kappa shape index (κ1) is 29.0. The Hall–Kier alpha value is -2.55. The average molecular weight is 537 g/mol. The molecule has 6 heteroatoms. The lowest BCUT2D eigenvalue weighted by molar-refractivity contribution is 0.261. The van der Waals surface area contributed by atoms with Gasteiger partial charge in [-0.1, -0.05) is 102 Å². The van der Waals surface area contributed by atoms with Gasteiger partial charge in [0, 0.05) is 12.1 Å². The predicted molar refractivity (Wildman–Crippen MR) is 160 cm³/mol. The molecule has 0 heterocycles. The number of hydrogen-bond donors (Lipinski definition) is 0. The summed E-state index contributed by atoms with van der Waals surface area (Å²) in [6.07, 6.45) is 0. The predicted octanol–water partition coefficient (Wildman–Crippen LogP) is 7.16. The highest BCUT2D eigenvalue weighted by Crippen LogP contribution is 2.42. The van der Waals surface area contributed by atoms with E-state index in [0.717, 1.165) is 11.3 Å². The van der Waals surface area contributed by atoms with Crippen LogP contribution in [0.25, 0.3) is 0 Å². The minimum Gasteiger partial charge on any atom is -0.534 e. The molecule has 0 amide bonds. The van der Waals surface area contributed by atoms with Crippen LogP contribution in [0.15, 0.2) is 72.8 Å². The SMILES string of the molecule is COc1cc(O[Si](c2ccccc2)(c2ccccc2)C(C)(C)C)cc(OC)c1CO[Si](C)(C)C(C)(C)C. The molecule has 0 aliphatic carbocycles. The summed E-state index contributed by atoms with van der Waals surface area (Å²) in [5.41, 5.74) is 0.907. The van der Waals surface area contributed by atoms with E-state index in [1.54, 1.807) is 14.2 Å². The zero-order valence-electron chi connectivity index (χ0n) is 24.3. The first-order valence-electron chi connectivity index (χ1n) is 13.0. The molecule has 3 aromatic rings. The Labute approximate surface area is 226 Å². The fourth-order valence-electron chi connectivity index (χ4n) is 4.46. The summed E-state index contributed by atoms with van der Waals surface area (Å²) in [6.45, 7) is 18.5. The van der Waals surface area contributed by atoms with Gasteiger partial charge in [0.2, 0.25) is 0 Å². The zero-order valence-corrected chi connectivity index (χ0v) is 26.3. The maximum Gasteiger partial charge on any atom is 0.319 e. The summed E-state index contributed by atoms with van der Waals surface area (Å²) in [4.78, 5) is 0. The van der Waals surface area contributed by atoms with Crippen LogP contribution in [0.3, 0.4) is 0 Å². The Bertz CT molecular complexity index is 1100. The third kappa shape index (κ3) is 5.97. The molecule has 0 N–H and O–H groups in total. The van der Waals surface area contributed by atoms with Crippen molar-refractivity contribution in [3.8, 4) is 17.2 Å². The van der Waals surface area contributed by atoms with Crippen molar-refractivity contribution in [2.24, 2.45) is 0 Å². The second-order valence-electron chi connectivity index (χ2n) is 12.1. The van der Waals surface area contributed by atoms with E-state index in [4.69, 9.17) is 18.3 Å². The molecule has 0 bridgehead atoms. The fraction of sp³-hybridized carbons (Fsp3) is 0.419. The van der Waals surface area contributed by atoms with Crippen LogP contribution in [0.4, 0.5) is 0 Å². The van der Waals surface area contributed by atoms with E-state index in [2.05, 4.69) is 115 Å². The molecule has 3 aromatic carbocycles. The van der Waals surface area contributed by atoms with Crippen molar-refractivity contribution in [3.05, 3.63) is 78.4 Å². The second kappa shape index (κ2) is 11.1. The lowest BCUT2D eigenvalue weighted by atomic mass is 10.2. The van der Waals surface area contributed by atoms with Crippen LogP contribution in [0, 0.1) is 0 Å². The van der Waals surface area contributed by atoms with E-state index in [1.807, 2.05) is 12.1 Å². The molecule has 0 aromatic heterocycles. The van der Waals surface area contributed by atoms with Crippen molar-refractivity contribution in [1.29, 1.82) is 0 Å². The minimum atomic E-state index is -2.79. The highest BCUT2D eigenvalue weighted by atomic mass is 28.4. The first-order chi connectivity index (χ1) is 17.3. The molecule has 0 unspecified atom stereocenters. The van der Waals surface area contributed by atoms with Crippen molar-refractivity contribution in [1.82, 2.24) is 0 Å². The van der Waals surface area contributed by atoms with E-state index >= 15 is 0 Å². The molecule has 0 atom stereocenters. The van der Waals surface area contributed by atoms with E-state index in [1.165, 1.54) is 10.4 Å². The lowest BCUT2D eigenvalue weighted by Gasteiger charge is -2.43. The zero-order chi connectivity index (χ0) is 27.5. The monoisotopic (exact) mass is 536 g/mol. The van der Waals surface area contributed by atoms with Gasteiger partial charge < -0.3 is 18.3 Å². The normalized spacial score (nSPS) is 12.8. The summed E-state index contributed by atoms with van der Waals surface area (Å²) in [7, 11) is -1.36. The highest BCUT2D eigenvalue weighted by molar-refractivity contribution is 7.00. The van der Waals surface area contributed by atoms with Gasteiger partial charge in [-0.05, 0) is 33.5 Å².